The van der Waals surface area contributed by atoms with Gasteiger partial charge in [-0.3, -0.25) is 4.90 Å². The molecule has 1 atom stereocenters. The van der Waals surface area contributed by atoms with Crippen molar-refractivity contribution in [1.82, 2.24) is 15.0 Å². The zero-order chi connectivity index (χ0) is 14.7. The van der Waals surface area contributed by atoms with Gasteiger partial charge in [0.05, 0.1) is 31.1 Å². The fourth-order valence-corrected chi connectivity index (χ4v) is 2.44. The summed E-state index contributed by atoms with van der Waals surface area (Å²) in [5.41, 5.74) is 7.01. The summed E-state index contributed by atoms with van der Waals surface area (Å²) in [7, 11) is 0. The van der Waals surface area contributed by atoms with Crippen molar-refractivity contribution in [1.29, 1.82) is 0 Å². The molecule has 2 N–H and O–H groups in total. The number of hydrogen-bond donors (Lipinski definition) is 1. The van der Waals surface area contributed by atoms with Gasteiger partial charge in [0, 0.05) is 26.1 Å². The van der Waals surface area contributed by atoms with E-state index >= 15 is 0 Å². The van der Waals surface area contributed by atoms with Crippen LogP contribution >= 0.6 is 0 Å². The Morgan fingerprint density at radius 3 is 2.95 bits per heavy atom. The van der Waals surface area contributed by atoms with Crippen molar-refractivity contribution in [2.24, 2.45) is 5.73 Å². The lowest BCUT2D eigenvalue weighted by atomic mass is 10.2. The molecule has 3 heterocycles. The first kappa shape index (κ1) is 14.2. The van der Waals surface area contributed by atoms with Crippen molar-refractivity contribution < 1.29 is 13.7 Å². The van der Waals surface area contributed by atoms with E-state index in [-0.39, 0.29) is 6.04 Å². The zero-order valence-corrected chi connectivity index (χ0v) is 12.1. The minimum atomic E-state index is -0.266. The Morgan fingerprint density at radius 2 is 2.19 bits per heavy atom. The molecule has 7 heteroatoms. The third-order valence-corrected chi connectivity index (χ3v) is 3.63. The number of aryl methyl sites for hydroxylation is 1. The molecule has 1 aliphatic rings. The highest BCUT2D eigenvalue weighted by Crippen LogP contribution is 2.24. The summed E-state index contributed by atoms with van der Waals surface area (Å²) >= 11 is 0. The summed E-state index contributed by atoms with van der Waals surface area (Å²) in [4.78, 5) is 6.66. The van der Waals surface area contributed by atoms with Crippen LogP contribution in [0.3, 0.4) is 0 Å². The number of nitrogens with two attached hydrogens (primary N) is 1. The van der Waals surface area contributed by atoms with Crippen molar-refractivity contribution in [3.63, 3.8) is 0 Å². The fraction of sp³-hybridized carbons (Fsp3) is 0.571. The average Bonchev–Trinajstić information content (AvgIpc) is 3.16. The molecular formula is C14H20N4O3. The normalized spacial score (nSPS) is 18.0. The van der Waals surface area contributed by atoms with Crippen LogP contribution in [0, 0.1) is 0 Å². The van der Waals surface area contributed by atoms with Gasteiger partial charge in [-0.25, -0.2) is 0 Å². The Hall–Kier alpha value is -1.70. The average molecular weight is 292 g/mol. The molecule has 1 saturated heterocycles. The second kappa shape index (κ2) is 6.38. The van der Waals surface area contributed by atoms with Crippen LogP contribution in [0.5, 0.6) is 0 Å². The Labute approximate surface area is 123 Å². The lowest BCUT2D eigenvalue weighted by Crippen LogP contribution is -2.40. The van der Waals surface area contributed by atoms with E-state index in [9.17, 15) is 0 Å². The number of aromatic nitrogens is 2. The Kier molecular flexibility index (Phi) is 4.33. The van der Waals surface area contributed by atoms with Crippen molar-refractivity contribution in [2.45, 2.75) is 19.4 Å². The standard InChI is InChI=1S/C14H20N4O3/c1-2-12-10(3-6-20-12)14-16-13(17-21-14)11(15)9-18-4-7-19-8-5-18/h3,6,11H,2,4-5,7-9,15H2,1H3. The molecule has 1 unspecified atom stereocenters. The summed E-state index contributed by atoms with van der Waals surface area (Å²) < 4.78 is 16.0. The number of hydrogen-bond acceptors (Lipinski definition) is 7. The smallest absolute Gasteiger partial charge is 0.261 e. The maximum absolute atomic E-state index is 6.17. The molecule has 0 radical (unpaired) electrons. The van der Waals surface area contributed by atoms with Crippen LogP contribution in [0.15, 0.2) is 21.3 Å². The van der Waals surface area contributed by atoms with E-state index in [1.165, 1.54) is 0 Å². The predicted molar refractivity (Wildman–Crippen MR) is 75.6 cm³/mol. The van der Waals surface area contributed by atoms with Gasteiger partial charge >= 0.3 is 0 Å². The van der Waals surface area contributed by atoms with Gasteiger partial charge in [-0.15, -0.1) is 0 Å². The van der Waals surface area contributed by atoms with Crippen LogP contribution in [0.4, 0.5) is 0 Å². The lowest BCUT2D eigenvalue weighted by molar-refractivity contribution is 0.0348. The summed E-state index contributed by atoms with van der Waals surface area (Å²) in [6, 6.07) is 1.57. The highest BCUT2D eigenvalue weighted by molar-refractivity contribution is 5.55. The summed E-state index contributed by atoms with van der Waals surface area (Å²) in [5, 5.41) is 4.00. The van der Waals surface area contributed by atoms with Gasteiger partial charge in [-0.2, -0.15) is 4.98 Å². The van der Waals surface area contributed by atoms with E-state index in [4.69, 9.17) is 19.4 Å². The van der Waals surface area contributed by atoms with E-state index in [0.717, 1.165) is 44.0 Å². The van der Waals surface area contributed by atoms with Crippen LogP contribution in [0.2, 0.25) is 0 Å². The number of ether oxygens (including phenoxy) is 1. The summed E-state index contributed by atoms with van der Waals surface area (Å²) in [6.07, 6.45) is 2.41. The third kappa shape index (κ3) is 3.15. The quantitative estimate of drug-likeness (QED) is 0.886. The van der Waals surface area contributed by atoms with Crippen LogP contribution in [-0.2, 0) is 11.2 Å². The molecule has 21 heavy (non-hydrogen) atoms. The Bertz CT molecular complexity index is 574. The molecule has 0 bridgehead atoms. The topological polar surface area (TPSA) is 90.5 Å². The molecule has 2 aromatic heterocycles. The largest absolute Gasteiger partial charge is 0.469 e. The maximum Gasteiger partial charge on any atom is 0.261 e. The maximum atomic E-state index is 6.17. The molecule has 7 nitrogen and oxygen atoms in total. The van der Waals surface area contributed by atoms with E-state index in [2.05, 4.69) is 15.0 Å². The first-order valence-electron chi connectivity index (χ1n) is 7.24. The molecule has 0 aromatic carbocycles. The van der Waals surface area contributed by atoms with Crippen molar-refractivity contribution >= 4 is 0 Å². The SMILES string of the molecule is CCc1occc1-c1nc(C(N)CN2CCOCC2)no1. The molecule has 0 saturated carbocycles. The molecular weight excluding hydrogens is 272 g/mol. The lowest BCUT2D eigenvalue weighted by Gasteiger charge is -2.27. The molecule has 3 rings (SSSR count). The number of morpholine rings is 1. The van der Waals surface area contributed by atoms with Gasteiger partial charge in [0.2, 0.25) is 0 Å². The minimum Gasteiger partial charge on any atom is -0.469 e. The number of rotatable bonds is 5. The molecule has 1 aliphatic heterocycles. The van der Waals surface area contributed by atoms with Gasteiger partial charge in [0.15, 0.2) is 5.82 Å². The highest BCUT2D eigenvalue weighted by atomic mass is 16.5. The Balaban J connectivity index is 1.69. The van der Waals surface area contributed by atoms with Crippen molar-refractivity contribution in [3.05, 3.63) is 23.9 Å². The highest BCUT2D eigenvalue weighted by Gasteiger charge is 2.21. The van der Waals surface area contributed by atoms with Crippen molar-refractivity contribution in [2.75, 3.05) is 32.8 Å². The summed E-state index contributed by atoms with van der Waals surface area (Å²) in [5.74, 6) is 1.83. The molecule has 0 spiro atoms. The van der Waals surface area contributed by atoms with Gasteiger partial charge in [-0.1, -0.05) is 12.1 Å². The van der Waals surface area contributed by atoms with Gasteiger partial charge in [-0.05, 0) is 6.07 Å². The van der Waals surface area contributed by atoms with E-state index in [1.807, 2.05) is 13.0 Å². The molecule has 114 valence electrons. The molecule has 0 aliphatic carbocycles. The minimum absolute atomic E-state index is 0.266. The van der Waals surface area contributed by atoms with Crippen LogP contribution in [0.25, 0.3) is 11.5 Å². The predicted octanol–water partition coefficient (Wildman–Crippen LogP) is 1.22. The molecule has 1 fully saturated rings. The second-order valence-electron chi connectivity index (χ2n) is 5.09. The van der Waals surface area contributed by atoms with Crippen LogP contribution < -0.4 is 5.73 Å². The third-order valence-electron chi connectivity index (χ3n) is 3.63. The van der Waals surface area contributed by atoms with Gasteiger partial charge in [0.25, 0.3) is 5.89 Å². The van der Waals surface area contributed by atoms with Gasteiger partial charge < -0.3 is 19.4 Å². The first-order chi connectivity index (χ1) is 10.3. The van der Waals surface area contributed by atoms with E-state index < -0.39 is 0 Å². The Morgan fingerprint density at radius 1 is 1.38 bits per heavy atom. The monoisotopic (exact) mass is 292 g/mol. The zero-order valence-electron chi connectivity index (χ0n) is 12.1. The van der Waals surface area contributed by atoms with Crippen LogP contribution in [0.1, 0.15) is 24.6 Å². The summed E-state index contributed by atoms with van der Waals surface area (Å²) in [6.45, 7) is 6.00. The number of nitrogens with zero attached hydrogens (tertiary/aromatic N) is 3. The fourth-order valence-electron chi connectivity index (χ4n) is 2.44. The van der Waals surface area contributed by atoms with Crippen molar-refractivity contribution in [3.8, 4) is 11.5 Å². The number of furan rings is 1. The first-order valence-corrected chi connectivity index (χ1v) is 7.24. The second-order valence-corrected chi connectivity index (χ2v) is 5.09. The van der Waals surface area contributed by atoms with E-state index in [0.29, 0.717) is 18.3 Å². The van der Waals surface area contributed by atoms with E-state index in [1.54, 1.807) is 6.26 Å². The molecule has 2 aromatic rings. The van der Waals surface area contributed by atoms with Gasteiger partial charge in [0.1, 0.15) is 5.76 Å². The molecule has 0 amide bonds. The van der Waals surface area contributed by atoms with Crippen LogP contribution in [-0.4, -0.2) is 47.9 Å².